The van der Waals surface area contributed by atoms with E-state index in [0.717, 1.165) is 55.6 Å². The molecule has 40 heavy (non-hydrogen) atoms. The van der Waals surface area contributed by atoms with Crippen molar-refractivity contribution in [2.45, 2.75) is 58.7 Å². The van der Waals surface area contributed by atoms with Crippen LogP contribution in [-0.2, 0) is 11.3 Å². The average Bonchev–Trinajstić information content (AvgIpc) is 3.23. The van der Waals surface area contributed by atoms with Crippen LogP contribution in [0.3, 0.4) is 0 Å². The Bertz CT molecular complexity index is 1370. The number of aliphatic hydroxyl groups excluding tert-OH is 1. The lowest BCUT2D eigenvalue weighted by atomic mass is 9.96. The molecular weight excluding hydrogens is 500 g/mol. The number of rotatable bonds is 13. The van der Waals surface area contributed by atoms with Crippen LogP contribution in [0.15, 0.2) is 77.3 Å². The summed E-state index contributed by atoms with van der Waals surface area (Å²) >= 11 is 0. The molecule has 7 nitrogen and oxygen atoms in total. The first-order valence-corrected chi connectivity index (χ1v) is 13.6. The van der Waals surface area contributed by atoms with E-state index in [4.69, 9.17) is 22.6 Å². The van der Waals surface area contributed by atoms with E-state index in [0.29, 0.717) is 17.9 Å². The molecule has 1 aliphatic heterocycles. The molecule has 0 unspecified atom stereocenters. The Morgan fingerprint density at radius 1 is 1.10 bits per heavy atom. The molecule has 0 saturated heterocycles. The number of allylic oxidation sites excluding steroid dienone is 1. The molecule has 0 atom stereocenters. The molecule has 0 aliphatic carbocycles. The van der Waals surface area contributed by atoms with Gasteiger partial charge in [0.2, 0.25) is 5.70 Å². The van der Waals surface area contributed by atoms with Gasteiger partial charge in [0.15, 0.2) is 0 Å². The summed E-state index contributed by atoms with van der Waals surface area (Å²) in [5, 5.41) is 18.6. The van der Waals surface area contributed by atoms with Gasteiger partial charge in [-0.15, -0.1) is 0 Å². The van der Waals surface area contributed by atoms with Gasteiger partial charge in [-0.05, 0) is 50.8 Å². The molecule has 7 heteroatoms. The van der Waals surface area contributed by atoms with Gasteiger partial charge in [-0.1, -0.05) is 55.8 Å². The van der Waals surface area contributed by atoms with E-state index in [2.05, 4.69) is 33.6 Å². The van der Waals surface area contributed by atoms with Crippen molar-refractivity contribution in [3.63, 3.8) is 0 Å². The molecular formula is C33H36N4O3. The lowest BCUT2D eigenvalue weighted by molar-refractivity contribution is 0.0952. The predicted octanol–water partition coefficient (Wildman–Crippen LogP) is 7.29. The molecule has 0 radical (unpaired) electrons. The fourth-order valence-corrected chi connectivity index (χ4v) is 4.47. The standard InChI is InChI=1S/C33H36N4O3/c1-6-7-19-37(20-11-12-21-38)27-17-15-26(30(22-27)39-24-25-13-9-8-10-14-25)16-18-28-31(36-5)32(29(23-34)35-4)40-33(28,2)3/h8-10,13-18,22,38H,6-7,11-12,19-21,24H2,1-3H3/b18-16+,32-29+. The minimum absolute atomic E-state index is 0.0301. The van der Waals surface area contributed by atoms with Crippen LogP contribution in [0.1, 0.15) is 57.6 Å². The normalized spacial score (nSPS) is 15.2. The molecule has 3 rings (SSSR count). The molecule has 2 aromatic carbocycles. The Morgan fingerprint density at radius 3 is 2.50 bits per heavy atom. The molecule has 206 valence electrons. The zero-order chi connectivity index (χ0) is 29.0. The van der Waals surface area contributed by atoms with Gasteiger partial charge in [-0.2, -0.15) is 0 Å². The molecule has 0 saturated carbocycles. The molecule has 2 aromatic rings. The first-order chi connectivity index (χ1) is 19.4. The van der Waals surface area contributed by atoms with Crippen molar-refractivity contribution in [2.75, 3.05) is 24.6 Å². The molecule has 0 spiro atoms. The number of hydrogen-bond donors (Lipinski definition) is 1. The van der Waals surface area contributed by atoms with Crippen LogP contribution in [-0.4, -0.2) is 30.4 Å². The summed E-state index contributed by atoms with van der Waals surface area (Å²) in [6.45, 7) is 23.2. The minimum atomic E-state index is -0.882. The number of anilines is 1. The number of aliphatic hydroxyl groups is 1. The highest BCUT2D eigenvalue weighted by molar-refractivity contribution is 5.67. The van der Waals surface area contributed by atoms with E-state index in [1.165, 1.54) is 0 Å². The highest BCUT2D eigenvalue weighted by atomic mass is 16.5. The maximum Gasteiger partial charge on any atom is 0.292 e. The SMILES string of the molecule is [C-]#[N+]C1=C(/C=C/c2ccc(N(CCCC)CCCCO)cc2OCc2ccccc2)C(C)(C)O/C1=C(\C#N)[N+]#[C-]. The topological polar surface area (TPSA) is 74.4 Å². The van der Waals surface area contributed by atoms with Crippen LogP contribution >= 0.6 is 0 Å². The van der Waals surface area contributed by atoms with Crippen LogP contribution < -0.4 is 9.64 Å². The van der Waals surface area contributed by atoms with Crippen molar-refractivity contribution in [2.24, 2.45) is 0 Å². The van der Waals surface area contributed by atoms with Crippen molar-refractivity contribution in [3.8, 4) is 11.8 Å². The van der Waals surface area contributed by atoms with Crippen LogP contribution in [0.5, 0.6) is 5.75 Å². The van der Waals surface area contributed by atoms with Gasteiger partial charge in [0.05, 0.1) is 19.2 Å². The van der Waals surface area contributed by atoms with Crippen molar-refractivity contribution < 1.29 is 14.6 Å². The summed E-state index contributed by atoms with van der Waals surface area (Å²) in [5.74, 6) is 0.736. The van der Waals surface area contributed by atoms with E-state index in [-0.39, 0.29) is 23.8 Å². The Balaban J connectivity index is 2.03. The van der Waals surface area contributed by atoms with Crippen molar-refractivity contribution in [3.05, 3.63) is 111 Å². The van der Waals surface area contributed by atoms with Gasteiger partial charge < -0.3 is 19.5 Å². The predicted molar refractivity (Wildman–Crippen MR) is 158 cm³/mol. The molecule has 0 bridgehead atoms. The van der Waals surface area contributed by atoms with E-state index >= 15 is 0 Å². The number of benzene rings is 2. The third kappa shape index (κ3) is 7.54. The zero-order valence-electron chi connectivity index (χ0n) is 23.5. The molecule has 0 aromatic heterocycles. The second kappa shape index (κ2) is 14.6. The first-order valence-electron chi connectivity index (χ1n) is 13.6. The Hall–Kier alpha value is -4.51. The molecule has 1 aliphatic rings. The quantitative estimate of drug-likeness (QED) is 0.165. The summed E-state index contributed by atoms with van der Waals surface area (Å²) in [7, 11) is 0. The highest BCUT2D eigenvalue weighted by Gasteiger charge is 2.38. The van der Waals surface area contributed by atoms with E-state index < -0.39 is 5.60 Å². The Morgan fingerprint density at radius 2 is 1.85 bits per heavy atom. The fraction of sp³-hybridized carbons (Fsp3) is 0.364. The Kier molecular flexibility index (Phi) is 11.0. The van der Waals surface area contributed by atoms with Gasteiger partial charge in [0.1, 0.15) is 23.7 Å². The summed E-state index contributed by atoms with van der Waals surface area (Å²) in [5.41, 5.74) is 2.60. The Labute approximate surface area is 237 Å². The van der Waals surface area contributed by atoms with E-state index in [9.17, 15) is 10.4 Å². The van der Waals surface area contributed by atoms with E-state index in [1.807, 2.05) is 68.5 Å². The first kappa shape index (κ1) is 30.0. The second-order valence-electron chi connectivity index (χ2n) is 9.99. The van der Waals surface area contributed by atoms with Gasteiger partial charge in [-0.3, -0.25) is 0 Å². The maximum atomic E-state index is 9.37. The monoisotopic (exact) mass is 536 g/mol. The summed E-state index contributed by atoms with van der Waals surface area (Å²) in [6, 6.07) is 17.9. The summed E-state index contributed by atoms with van der Waals surface area (Å²) in [4.78, 5) is 9.20. The third-order valence-electron chi connectivity index (χ3n) is 6.67. The number of hydrogen-bond acceptors (Lipinski definition) is 5. The smallest absolute Gasteiger partial charge is 0.292 e. The van der Waals surface area contributed by atoms with Gasteiger partial charge >= 0.3 is 0 Å². The van der Waals surface area contributed by atoms with Crippen LogP contribution in [0.25, 0.3) is 15.8 Å². The van der Waals surface area contributed by atoms with E-state index in [1.54, 1.807) is 0 Å². The maximum absolute atomic E-state index is 9.37. The van der Waals surface area contributed by atoms with Crippen LogP contribution in [0.2, 0.25) is 0 Å². The number of ether oxygens (including phenoxy) is 2. The number of nitriles is 1. The molecule has 1 N–H and O–H groups in total. The molecule has 1 heterocycles. The van der Waals surface area contributed by atoms with Gasteiger partial charge in [-0.25, -0.2) is 15.0 Å². The molecule has 0 fully saturated rings. The summed E-state index contributed by atoms with van der Waals surface area (Å²) in [6.07, 6.45) is 7.52. The van der Waals surface area contributed by atoms with Crippen LogP contribution in [0.4, 0.5) is 5.69 Å². The largest absolute Gasteiger partial charge is 0.505 e. The highest BCUT2D eigenvalue weighted by Crippen LogP contribution is 2.42. The average molecular weight is 537 g/mol. The van der Waals surface area contributed by atoms with Crippen molar-refractivity contribution in [1.82, 2.24) is 0 Å². The number of nitrogens with zero attached hydrogens (tertiary/aromatic N) is 4. The summed E-state index contributed by atoms with van der Waals surface area (Å²) < 4.78 is 12.3. The third-order valence-corrected chi connectivity index (χ3v) is 6.67. The van der Waals surface area contributed by atoms with Gasteiger partial charge in [0, 0.05) is 42.6 Å². The minimum Gasteiger partial charge on any atom is -0.505 e. The number of unbranched alkanes of at least 4 members (excludes halogenated alkanes) is 2. The lowest BCUT2D eigenvalue weighted by Crippen LogP contribution is -2.25. The second-order valence-corrected chi connectivity index (χ2v) is 9.99. The fourth-order valence-electron chi connectivity index (χ4n) is 4.47. The zero-order valence-corrected chi connectivity index (χ0v) is 23.5. The van der Waals surface area contributed by atoms with Crippen LogP contribution in [0, 0.1) is 24.5 Å². The lowest BCUT2D eigenvalue weighted by Gasteiger charge is -2.26. The molecule has 0 amide bonds. The van der Waals surface area contributed by atoms with Crippen molar-refractivity contribution in [1.29, 1.82) is 5.26 Å². The van der Waals surface area contributed by atoms with Gasteiger partial charge in [0.25, 0.3) is 5.70 Å². The van der Waals surface area contributed by atoms with Crippen molar-refractivity contribution >= 4 is 11.8 Å².